The number of aliphatic hydroxyl groups is 5. The molecule has 0 saturated heterocycles. The van der Waals surface area contributed by atoms with Crippen molar-refractivity contribution < 1.29 is 58.3 Å². The Morgan fingerprint density at radius 1 is 0.516 bits per heavy atom. The zero-order valence-corrected chi connectivity index (χ0v) is 38.5. The second-order valence-corrected chi connectivity index (χ2v) is 16.9. The molecule has 0 heterocycles. The predicted molar refractivity (Wildman–Crippen MR) is 248 cm³/mol. The van der Waals surface area contributed by atoms with Gasteiger partial charge in [0.15, 0.2) is 0 Å². The van der Waals surface area contributed by atoms with E-state index in [1.807, 2.05) is 0 Å². The third-order valence-corrected chi connectivity index (χ3v) is 10.9. The van der Waals surface area contributed by atoms with Gasteiger partial charge in [0.1, 0.15) is 42.7 Å². The molecular formula is C49H81O12P. The molecular weight excluding hydrogens is 812 g/mol. The number of phosphoric acid groups is 1. The molecule has 0 bridgehead atoms. The van der Waals surface area contributed by atoms with Crippen LogP contribution in [-0.2, 0) is 27.9 Å². The number of allylic oxidation sites excluding steroid dienone is 16. The lowest BCUT2D eigenvalue weighted by Crippen LogP contribution is -2.64. The highest BCUT2D eigenvalue weighted by atomic mass is 31.2. The van der Waals surface area contributed by atoms with Gasteiger partial charge in [0.2, 0.25) is 0 Å². The zero-order chi connectivity index (χ0) is 45.5. The van der Waals surface area contributed by atoms with E-state index in [2.05, 4.69) is 111 Å². The van der Waals surface area contributed by atoms with Crippen LogP contribution in [0, 0.1) is 0 Å². The molecule has 1 rings (SSSR count). The maximum atomic E-state index is 12.8. The molecule has 0 aromatic heterocycles. The van der Waals surface area contributed by atoms with Gasteiger partial charge >= 0.3 is 13.8 Å². The molecule has 1 saturated carbocycles. The number of unbranched alkanes of at least 4 members (excludes halogenated alkanes) is 9. The van der Waals surface area contributed by atoms with Crippen LogP contribution in [0.2, 0.25) is 0 Å². The van der Waals surface area contributed by atoms with Gasteiger partial charge in [-0.25, -0.2) is 4.57 Å². The van der Waals surface area contributed by atoms with Crippen LogP contribution in [0.3, 0.4) is 0 Å². The topological polar surface area (TPSA) is 192 Å². The van der Waals surface area contributed by atoms with E-state index >= 15 is 0 Å². The molecule has 0 aromatic carbocycles. The fraction of sp³-hybridized carbons (Fsp3) is 0.653. The Morgan fingerprint density at radius 3 is 1.37 bits per heavy atom. The number of hydrogen-bond donors (Lipinski definition) is 6. The highest BCUT2D eigenvalue weighted by Gasteiger charge is 2.51. The number of carbonyl (C=O) groups is 1. The molecule has 12 nitrogen and oxygen atoms in total. The summed E-state index contributed by atoms with van der Waals surface area (Å²) in [4.78, 5) is 23.2. The van der Waals surface area contributed by atoms with Crippen LogP contribution in [0.5, 0.6) is 0 Å². The molecule has 62 heavy (non-hydrogen) atoms. The summed E-state index contributed by atoms with van der Waals surface area (Å²) in [5.41, 5.74) is 0. The van der Waals surface area contributed by atoms with Gasteiger partial charge in [0.05, 0.1) is 13.2 Å². The number of carbonyl (C=O) groups excluding carboxylic acids is 1. The maximum absolute atomic E-state index is 12.8. The Morgan fingerprint density at radius 2 is 0.903 bits per heavy atom. The largest absolute Gasteiger partial charge is 0.472 e. The first kappa shape index (κ1) is 57.3. The number of esters is 1. The predicted octanol–water partition coefficient (Wildman–Crippen LogP) is 9.53. The molecule has 6 unspecified atom stereocenters. The monoisotopic (exact) mass is 893 g/mol. The summed E-state index contributed by atoms with van der Waals surface area (Å²) < 4.78 is 34.1. The van der Waals surface area contributed by atoms with Crippen LogP contribution in [0.1, 0.15) is 142 Å². The normalized spacial score (nSPS) is 22.9. The number of ether oxygens (including phenoxy) is 2. The standard InChI is InChI=1S/C49H81O12P/c1-3-5-7-9-11-13-15-17-19-20-21-22-23-25-27-29-31-33-35-37-39-58-40-42(41-59-62(56,57)61-49-47(54)45(52)44(51)46(53)48(49)55)60-43(50)38-36-34-32-30-28-26-24-18-16-14-12-10-8-6-4-2/h5-8,11-14,17-19,21-22,24-25,27,42,44-49,51-55H,3-4,9-10,15-16,20,23,26,28-41H2,1-2H3,(H,56,57)/b7-5-,8-6-,13-11-,14-12-,19-17-,22-21-,24-18-,27-25-. The van der Waals surface area contributed by atoms with Crippen LogP contribution in [0.15, 0.2) is 97.2 Å². The molecule has 6 atom stereocenters. The molecule has 1 aliphatic rings. The minimum atomic E-state index is -5.04. The maximum Gasteiger partial charge on any atom is 0.472 e. The molecule has 354 valence electrons. The zero-order valence-electron chi connectivity index (χ0n) is 37.6. The Labute approximate surface area is 373 Å². The lowest BCUT2D eigenvalue weighted by molar-refractivity contribution is -0.220. The summed E-state index contributed by atoms with van der Waals surface area (Å²) in [6, 6.07) is 0. The van der Waals surface area contributed by atoms with E-state index in [4.69, 9.17) is 18.5 Å². The van der Waals surface area contributed by atoms with Crippen LogP contribution in [0.4, 0.5) is 0 Å². The summed E-state index contributed by atoms with van der Waals surface area (Å²) in [6.07, 6.45) is 40.4. The summed E-state index contributed by atoms with van der Waals surface area (Å²) >= 11 is 0. The van der Waals surface area contributed by atoms with Crippen molar-refractivity contribution in [2.24, 2.45) is 0 Å². The minimum Gasteiger partial charge on any atom is -0.457 e. The van der Waals surface area contributed by atoms with Gasteiger partial charge in [0.25, 0.3) is 0 Å². The van der Waals surface area contributed by atoms with Crippen LogP contribution < -0.4 is 0 Å². The highest BCUT2D eigenvalue weighted by molar-refractivity contribution is 7.47. The molecule has 1 fully saturated rings. The van der Waals surface area contributed by atoms with Crippen molar-refractivity contribution in [1.29, 1.82) is 0 Å². The van der Waals surface area contributed by atoms with Gasteiger partial charge in [-0.05, 0) is 89.9 Å². The first-order chi connectivity index (χ1) is 30.0. The SMILES string of the molecule is CC/C=C\C/C=C\C/C=C\C/C=C\C/C=C\CCCCCCOCC(COP(=O)(O)OC1C(O)C(O)C(O)C(O)C1O)OC(=O)CCCCCCC/C=C\C/C=C\C/C=C\CC. The van der Waals surface area contributed by atoms with Gasteiger partial charge < -0.3 is 39.9 Å². The van der Waals surface area contributed by atoms with Gasteiger partial charge in [-0.2, -0.15) is 0 Å². The quantitative estimate of drug-likeness (QED) is 0.0150. The number of hydrogen-bond acceptors (Lipinski definition) is 11. The van der Waals surface area contributed by atoms with Crippen molar-refractivity contribution in [3.05, 3.63) is 97.2 Å². The average Bonchev–Trinajstić information content (AvgIpc) is 3.26. The van der Waals surface area contributed by atoms with E-state index in [-0.39, 0.29) is 13.0 Å². The molecule has 6 N–H and O–H groups in total. The molecule has 0 aliphatic heterocycles. The molecule has 13 heteroatoms. The molecule has 0 aromatic rings. The third kappa shape index (κ3) is 30.4. The van der Waals surface area contributed by atoms with Crippen molar-refractivity contribution in [2.75, 3.05) is 19.8 Å². The van der Waals surface area contributed by atoms with Gasteiger partial charge in [-0.1, -0.05) is 143 Å². The van der Waals surface area contributed by atoms with E-state index in [0.717, 1.165) is 116 Å². The molecule has 0 radical (unpaired) electrons. The van der Waals surface area contributed by atoms with E-state index in [1.54, 1.807) is 0 Å². The smallest absolute Gasteiger partial charge is 0.457 e. The summed E-state index contributed by atoms with van der Waals surface area (Å²) in [5, 5.41) is 50.2. The molecule has 1 aliphatic carbocycles. The van der Waals surface area contributed by atoms with E-state index in [0.29, 0.717) is 13.0 Å². The van der Waals surface area contributed by atoms with Crippen molar-refractivity contribution >= 4 is 13.8 Å². The van der Waals surface area contributed by atoms with Crippen molar-refractivity contribution in [3.8, 4) is 0 Å². The molecule has 0 amide bonds. The summed E-state index contributed by atoms with van der Waals surface area (Å²) in [5.74, 6) is -0.509. The summed E-state index contributed by atoms with van der Waals surface area (Å²) in [6.45, 7) is 3.93. The van der Waals surface area contributed by atoms with Crippen LogP contribution in [0.25, 0.3) is 0 Å². The lowest BCUT2D eigenvalue weighted by atomic mass is 9.85. The average molecular weight is 893 g/mol. The third-order valence-electron chi connectivity index (χ3n) is 9.95. The van der Waals surface area contributed by atoms with E-state index in [9.17, 15) is 39.8 Å². The summed E-state index contributed by atoms with van der Waals surface area (Å²) in [7, 11) is -5.04. The van der Waals surface area contributed by atoms with Gasteiger partial charge in [-0.15, -0.1) is 0 Å². The Hall–Kier alpha value is -2.74. The van der Waals surface area contributed by atoms with Gasteiger partial charge in [-0.3, -0.25) is 13.8 Å². The van der Waals surface area contributed by atoms with Crippen molar-refractivity contribution in [1.82, 2.24) is 0 Å². The van der Waals surface area contributed by atoms with E-state index in [1.165, 1.54) is 0 Å². The Balaban J connectivity index is 2.44. The van der Waals surface area contributed by atoms with Crippen LogP contribution in [-0.4, -0.2) is 98.9 Å². The second kappa shape index (κ2) is 38.7. The van der Waals surface area contributed by atoms with Crippen molar-refractivity contribution in [3.63, 3.8) is 0 Å². The number of phosphoric ester groups is 1. The fourth-order valence-electron chi connectivity index (χ4n) is 6.34. The number of rotatable bonds is 37. The molecule has 0 spiro atoms. The first-order valence-electron chi connectivity index (χ1n) is 23.1. The fourth-order valence-corrected chi connectivity index (χ4v) is 7.31. The Bertz CT molecular complexity index is 1390. The first-order valence-corrected chi connectivity index (χ1v) is 24.6. The van der Waals surface area contributed by atoms with E-state index < -0.39 is 63.1 Å². The Kier molecular flexibility index (Phi) is 35.7. The van der Waals surface area contributed by atoms with Gasteiger partial charge in [0, 0.05) is 13.0 Å². The highest BCUT2D eigenvalue weighted by Crippen LogP contribution is 2.47. The minimum absolute atomic E-state index is 0.108. The lowest BCUT2D eigenvalue weighted by Gasteiger charge is -2.41. The number of aliphatic hydroxyl groups excluding tert-OH is 5. The second-order valence-electron chi connectivity index (χ2n) is 15.5. The van der Waals surface area contributed by atoms with Crippen LogP contribution >= 0.6 is 7.82 Å². The van der Waals surface area contributed by atoms with Crippen molar-refractivity contribution in [2.45, 2.75) is 185 Å².